The van der Waals surface area contributed by atoms with Crippen molar-refractivity contribution in [3.8, 4) is 0 Å². The molecule has 1 aromatic carbocycles. The maximum absolute atomic E-state index is 2.47. The van der Waals surface area contributed by atoms with Crippen molar-refractivity contribution in [3.05, 3.63) is 35.9 Å². The number of quaternary nitrogens is 3. The van der Waals surface area contributed by atoms with Crippen LogP contribution in [0, 0.1) is 5.92 Å². The second kappa shape index (κ2) is 8.86. The van der Waals surface area contributed by atoms with Gasteiger partial charge in [0.05, 0.1) is 25.2 Å². The Hall–Kier alpha value is -0.900. The molecule has 26 heavy (non-hydrogen) atoms. The summed E-state index contributed by atoms with van der Waals surface area (Å²) in [4.78, 5) is 5.69. The number of rotatable bonds is 4. The van der Waals surface area contributed by atoms with E-state index in [1.54, 1.807) is 4.90 Å². The summed E-state index contributed by atoms with van der Waals surface area (Å²) < 4.78 is 0. The number of piperidine rings is 1. The van der Waals surface area contributed by atoms with Gasteiger partial charge < -0.3 is 14.7 Å². The lowest BCUT2D eigenvalue weighted by atomic mass is 9.86. The molecular formula is C23H40N3+3. The van der Waals surface area contributed by atoms with Crippen LogP contribution in [0.3, 0.4) is 0 Å². The number of nitrogens with one attached hydrogen (secondary N) is 3. The zero-order chi connectivity index (χ0) is 17.8. The Morgan fingerprint density at radius 2 is 1.42 bits per heavy atom. The van der Waals surface area contributed by atoms with E-state index in [2.05, 4.69) is 37.3 Å². The van der Waals surface area contributed by atoms with E-state index in [1.165, 1.54) is 89.9 Å². The van der Waals surface area contributed by atoms with Crippen molar-refractivity contribution in [2.45, 2.75) is 64.1 Å². The molecule has 3 aliphatic rings. The van der Waals surface area contributed by atoms with Gasteiger partial charge in [0.2, 0.25) is 0 Å². The summed E-state index contributed by atoms with van der Waals surface area (Å²) in [5, 5.41) is 0. The Bertz CT molecular complexity index is 530. The molecule has 0 spiro atoms. The Kier molecular flexibility index (Phi) is 6.29. The van der Waals surface area contributed by atoms with E-state index >= 15 is 0 Å². The third-order valence-corrected chi connectivity index (χ3v) is 7.62. The van der Waals surface area contributed by atoms with Crippen molar-refractivity contribution in [2.75, 3.05) is 39.3 Å². The van der Waals surface area contributed by atoms with Crippen LogP contribution in [-0.2, 0) is 6.54 Å². The van der Waals surface area contributed by atoms with Gasteiger partial charge in [0, 0.05) is 24.8 Å². The normalized spacial score (nSPS) is 38.8. The number of benzene rings is 1. The van der Waals surface area contributed by atoms with Crippen LogP contribution in [0.25, 0.3) is 0 Å². The molecular weight excluding hydrogens is 318 g/mol. The average Bonchev–Trinajstić information content (AvgIpc) is 2.70. The zero-order valence-corrected chi connectivity index (χ0v) is 16.8. The highest BCUT2D eigenvalue weighted by molar-refractivity contribution is 5.13. The van der Waals surface area contributed by atoms with Crippen LogP contribution in [-0.4, -0.2) is 51.4 Å². The molecule has 3 fully saturated rings. The summed E-state index contributed by atoms with van der Waals surface area (Å²) in [5.74, 6) is 0.976. The van der Waals surface area contributed by atoms with E-state index in [-0.39, 0.29) is 0 Å². The van der Waals surface area contributed by atoms with Gasteiger partial charge in [0.1, 0.15) is 32.7 Å². The van der Waals surface area contributed by atoms with Gasteiger partial charge in [-0.2, -0.15) is 0 Å². The van der Waals surface area contributed by atoms with Crippen LogP contribution < -0.4 is 14.7 Å². The van der Waals surface area contributed by atoms with Gasteiger partial charge in [0.15, 0.2) is 0 Å². The first kappa shape index (κ1) is 18.5. The molecule has 2 atom stereocenters. The van der Waals surface area contributed by atoms with E-state index in [4.69, 9.17) is 0 Å². The molecule has 1 aromatic rings. The van der Waals surface area contributed by atoms with Crippen molar-refractivity contribution >= 4 is 0 Å². The minimum atomic E-state index is 0.946. The molecule has 0 radical (unpaired) electrons. The van der Waals surface area contributed by atoms with Gasteiger partial charge in [0.25, 0.3) is 0 Å². The van der Waals surface area contributed by atoms with Crippen LogP contribution in [0.2, 0.25) is 0 Å². The summed E-state index contributed by atoms with van der Waals surface area (Å²) in [6.07, 6.45) is 8.82. The molecule has 0 aromatic heterocycles. The molecule has 1 aliphatic carbocycles. The van der Waals surface area contributed by atoms with Crippen LogP contribution in [0.4, 0.5) is 0 Å². The van der Waals surface area contributed by atoms with Gasteiger partial charge in [-0.3, -0.25) is 0 Å². The first-order valence-electron chi connectivity index (χ1n) is 11.3. The fourth-order valence-electron chi connectivity index (χ4n) is 6.01. The van der Waals surface area contributed by atoms with Gasteiger partial charge >= 0.3 is 0 Å². The number of piperazine rings is 1. The van der Waals surface area contributed by atoms with Crippen LogP contribution in [0.15, 0.2) is 30.3 Å². The average molecular weight is 359 g/mol. The summed E-state index contributed by atoms with van der Waals surface area (Å²) in [5.41, 5.74) is 1.51. The second-order valence-electron chi connectivity index (χ2n) is 9.47. The maximum Gasteiger partial charge on any atom is 0.127 e. The third kappa shape index (κ3) is 4.68. The fraction of sp³-hybridized carbons (Fsp3) is 0.739. The molecule has 4 rings (SSSR count). The smallest absolute Gasteiger partial charge is 0.127 e. The quantitative estimate of drug-likeness (QED) is 0.648. The first-order valence-corrected chi connectivity index (χ1v) is 11.3. The van der Waals surface area contributed by atoms with Crippen LogP contribution in [0.5, 0.6) is 0 Å². The van der Waals surface area contributed by atoms with Gasteiger partial charge in [-0.1, -0.05) is 43.7 Å². The molecule has 144 valence electrons. The third-order valence-electron chi connectivity index (χ3n) is 7.62. The lowest BCUT2D eigenvalue weighted by Crippen LogP contribution is -3.31. The highest BCUT2D eigenvalue weighted by Crippen LogP contribution is 2.21. The molecule has 3 N–H and O–H groups in total. The van der Waals surface area contributed by atoms with Crippen molar-refractivity contribution in [3.63, 3.8) is 0 Å². The summed E-state index contributed by atoms with van der Waals surface area (Å²) in [6, 6.07) is 13.0. The Balaban J connectivity index is 1.20. The fourth-order valence-corrected chi connectivity index (χ4v) is 6.01. The van der Waals surface area contributed by atoms with E-state index in [0.717, 1.165) is 18.0 Å². The summed E-state index contributed by atoms with van der Waals surface area (Å²) in [6.45, 7) is 12.2. The van der Waals surface area contributed by atoms with Crippen molar-refractivity contribution in [1.29, 1.82) is 0 Å². The topological polar surface area (TPSA) is 13.3 Å². The van der Waals surface area contributed by atoms with E-state index < -0.39 is 0 Å². The van der Waals surface area contributed by atoms with Crippen molar-refractivity contribution in [1.82, 2.24) is 0 Å². The predicted molar refractivity (Wildman–Crippen MR) is 107 cm³/mol. The molecule has 2 saturated heterocycles. The Labute approximate surface area is 160 Å². The first-order chi connectivity index (χ1) is 12.8. The highest BCUT2D eigenvalue weighted by atomic mass is 15.3. The van der Waals surface area contributed by atoms with Crippen molar-refractivity contribution in [2.24, 2.45) is 5.92 Å². The minimum Gasteiger partial charge on any atom is -0.331 e. The Morgan fingerprint density at radius 3 is 2.08 bits per heavy atom. The lowest BCUT2D eigenvalue weighted by Gasteiger charge is -2.41. The molecule has 2 aliphatic heterocycles. The molecule has 0 amide bonds. The minimum absolute atomic E-state index is 0.946. The van der Waals surface area contributed by atoms with Crippen LogP contribution >= 0.6 is 0 Å². The molecule has 3 heteroatoms. The second-order valence-corrected chi connectivity index (χ2v) is 9.47. The summed E-state index contributed by atoms with van der Waals surface area (Å²) in [7, 11) is 0. The van der Waals surface area contributed by atoms with E-state index in [9.17, 15) is 0 Å². The monoisotopic (exact) mass is 358 g/mol. The standard InChI is InChI=1S/C23H37N3/c1-20-6-5-9-23(18-20)26-16-14-25(15-17-26)22-10-12-24(13-11-22)19-21-7-3-2-4-8-21/h2-4,7-8,20,22-23H,5-6,9-19H2,1H3/p+3/t20-,23-/m1/s1. The van der Waals surface area contributed by atoms with E-state index in [0.29, 0.717) is 0 Å². The lowest BCUT2D eigenvalue weighted by molar-refractivity contribution is -1.04. The Morgan fingerprint density at radius 1 is 0.769 bits per heavy atom. The molecule has 3 nitrogen and oxygen atoms in total. The van der Waals surface area contributed by atoms with Gasteiger partial charge in [-0.25, -0.2) is 0 Å². The van der Waals surface area contributed by atoms with Crippen LogP contribution in [0.1, 0.15) is 51.0 Å². The highest BCUT2D eigenvalue weighted by Gasteiger charge is 2.36. The van der Waals surface area contributed by atoms with Gasteiger partial charge in [-0.15, -0.1) is 0 Å². The summed E-state index contributed by atoms with van der Waals surface area (Å²) >= 11 is 0. The SMILES string of the molecule is C[C@@H]1CCC[C@@H]([NH+]2CC[NH+](C3CC[NH+](Cc4ccccc4)CC3)CC2)C1. The number of hydrogen-bond acceptors (Lipinski definition) is 0. The zero-order valence-electron chi connectivity index (χ0n) is 16.8. The molecule has 1 saturated carbocycles. The number of likely N-dealkylation sites (tertiary alicyclic amines) is 1. The van der Waals surface area contributed by atoms with E-state index in [1.807, 2.05) is 9.80 Å². The molecule has 0 bridgehead atoms. The maximum atomic E-state index is 2.47. The van der Waals surface area contributed by atoms with Gasteiger partial charge in [-0.05, 0) is 18.8 Å². The molecule has 0 unspecified atom stereocenters. The predicted octanol–water partition coefficient (Wildman–Crippen LogP) is -0.404. The van der Waals surface area contributed by atoms with Crippen molar-refractivity contribution < 1.29 is 14.7 Å². The molecule has 2 heterocycles. The number of hydrogen-bond donors (Lipinski definition) is 3. The largest absolute Gasteiger partial charge is 0.331 e.